The highest BCUT2D eigenvalue weighted by Gasteiger charge is 2.13. The summed E-state index contributed by atoms with van der Waals surface area (Å²) in [5.41, 5.74) is 1.29. The molecule has 0 aromatic carbocycles. The third-order valence-corrected chi connectivity index (χ3v) is 2.72. The average Bonchev–Trinajstić information content (AvgIpc) is 2.36. The molecule has 0 atom stereocenters. The van der Waals surface area contributed by atoms with Gasteiger partial charge in [0.05, 0.1) is 0 Å². The zero-order valence-corrected chi connectivity index (χ0v) is 10.0. The summed E-state index contributed by atoms with van der Waals surface area (Å²) >= 11 is 0. The standard InChI is InChI=1S/C11H12BN3O3/c1-7-9(3-4-15(2)11(7)16)10-13-5-8(6-14-10)12(17)18/h3-6,17-18H,1-2H3. The van der Waals surface area contributed by atoms with E-state index in [1.807, 2.05) is 0 Å². The Morgan fingerprint density at radius 3 is 2.44 bits per heavy atom. The molecule has 0 aliphatic rings. The molecule has 0 unspecified atom stereocenters. The van der Waals surface area contributed by atoms with Gasteiger partial charge in [-0.25, -0.2) is 9.97 Å². The molecule has 92 valence electrons. The molecule has 2 N–H and O–H groups in total. The van der Waals surface area contributed by atoms with Crippen LogP contribution in [0.15, 0.2) is 29.5 Å². The first-order valence-corrected chi connectivity index (χ1v) is 5.35. The van der Waals surface area contributed by atoms with Gasteiger partial charge in [-0.2, -0.15) is 0 Å². The molecule has 0 spiro atoms. The number of hydrogen-bond donors (Lipinski definition) is 2. The van der Waals surface area contributed by atoms with Crippen molar-refractivity contribution < 1.29 is 10.0 Å². The fraction of sp³-hybridized carbons (Fsp3) is 0.182. The van der Waals surface area contributed by atoms with Crippen molar-refractivity contribution >= 4 is 12.6 Å². The lowest BCUT2D eigenvalue weighted by Gasteiger charge is -2.06. The van der Waals surface area contributed by atoms with Crippen molar-refractivity contribution in [1.29, 1.82) is 0 Å². The Morgan fingerprint density at radius 2 is 1.89 bits per heavy atom. The molecule has 7 heteroatoms. The molecule has 18 heavy (non-hydrogen) atoms. The van der Waals surface area contributed by atoms with Gasteiger partial charge in [0.25, 0.3) is 5.56 Å². The highest BCUT2D eigenvalue weighted by atomic mass is 16.4. The lowest BCUT2D eigenvalue weighted by Crippen LogP contribution is -2.30. The number of rotatable bonds is 2. The van der Waals surface area contributed by atoms with Gasteiger partial charge in [0, 0.05) is 42.2 Å². The second-order valence-corrected chi connectivity index (χ2v) is 3.98. The molecule has 2 aromatic rings. The lowest BCUT2D eigenvalue weighted by atomic mass is 9.83. The Balaban J connectivity index is 2.50. The Bertz CT molecular complexity index is 622. The van der Waals surface area contributed by atoms with E-state index in [4.69, 9.17) is 10.0 Å². The summed E-state index contributed by atoms with van der Waals surface area (Å²) in [5, 5.41) is 17.9. The van der Waals surface area contributed by atoms with Gasteiger partial charge in [-0.15, -0.1) is 0 Å². The molecule has 0 fully saturated rings. The number of aromatic nitrogens is 3. The molecule has 0 aliphatic heterocycles. The van der Waals surface area contributed by atoms with E-state index in [2.05, 4.69) is 9.97 Å². The minimum Gasteiger partial charge on any atom is -0.423 e. The molecule has 2 aromatic heterocycles. The lowest BCUT2D eigenvalue weighted by molar-refractivity contribution is 0.425. The van der Waals surface area contributed by atoms with Crippen LogP contribution in [-0.2, 0) is 7.05 Å². The van der Waals surface area contributed by atoms with Gasteiger partial charge in [0.2, 0.25) is 0 Å². The molecule has 6 nitrogen and oxygen atoms in total. The zero-order valence-electron chi connectivity index (χ0n) is 10.0. The average molecular weight is 245 g/mol. The first-order valence-electron chi connectivity index (χ1n) is 5.35. The number of nitrogens with zero attached hydrogens (tertiary/aromatic N) is 3. The van der Waals surface area contributed by atoms with E-state index >= 15 is 0 Å². The number of hydrogen-bond acceptors (Lipinski definition) is 5. The smallest absolute Gasteiger partial charge is 0.423 e. The molecule has 0 radical (unpaired) electrons. The van der Waals surface area contributed by atoms with Gasteiger partial charge >= 0.3 is 7.12 Å². The normalized spacial score (nSPS) is 10.4. The van der Waals surface area contributed by atoms with E-state index in [1.165, 1.54) is 17.0 Å². The summed E-state index contributed by atoms with van der Waals surface area (Å²) in [4.78, 5) is 19.8. The van der Waals surface area contributed by atoms with E-state index in [1.54, 1.807) is 26.2 Å². The zero-order chi connectivity index (χ0) is 13.3. The molecule has 2 heterocycles. The predicted molar refractivity (Wildman–Crippen MR) is 67.3 cm³/mol. The van der Waals surface area contributed by atoms with Gasteiger partial charge < -0.3 is 14.6 Å². The Kier molecular flexibility index (Phi) is 3.27. The van der Waals surface area contributed by atoms with Crippen LogP contribution < -0.4 is 11.0 Å². The van der Waals surface area contributed by atoms with Crippen molar-refractivity contribution in [2.75, 3.05) is 0 Å². The maximum absolute atomic E-state index is 11.8. The van der Waals surface area contributed by atoms with Crippen molar-refractivity contribution in [3.8, 4) is 11.4 Å². The van der Waals surface area contributed by atoms with Crippen LogP contribution in [-0.4, -0.2) is 31.7 Å². The van der Waals surface area contributed by atoms with Crippen molar-refractivity contribution in [2.24, 2.45) is 7.05 Å². The highest BCUT2D eigenvalue weighted by Crippen LogP contribution is 2.14. The third kappa shape index (κ3) is 2.18. The fourth-order valence-corrected chi connectivity index (χ4v) is 1.61. The number of pyridine rings is 1. The summed E-state index contributed by atoms with van der Waals surface area (Å²) in [6, 6.07) is 1.75. The third-order valence-electron chi connectivity index (χ3n) is 2.72. The molecule has 2 rings (SSSR count). The van der Waals surface area contributed by atoms with Gasteiger partial charge in [0.15, 0.2) is 5.82 Å². The molecule has 0 aliphatic carbocycles. The van der Waals surface area contributed by atoms with E-state index in [-0.39, 0.29) is 11.0 Å². The summed E-state index contributed by atoms with van der Waals surface area (Å²) in [6.45, 7) is 1.70. The van der Waals surface area contributed by atoms with Crippen LogP contribution in [0, 0.1) is 6.92 Å². The first-order chi connectivity index (χ1) is 8.50. The molecule has 0 amide bonds. The van der Waals surface area contributed by atoms with E-state index in [0.717, 1.165) is 0 Å². The SMILES string of the molecule is Cc1c(-c2ncc(B(O)O)cn2)ccn(C)c1=O. The molecular weight excluding hydrogens is 233 g/mol. The summed E-state index contributed by atoms with van der Waals surface area (Å²) in [7, 11) is 0.0781. The summed E-state index contributed by atoms with van der Waals surface area (Å²) < 4.78 is 1.48. The van der Waals surface area contributed by atoms with Crippen LogP contribution in [0.4, 0.5) is 0 Å². The van der Waals surface area contributed by atoms with Crippen molar-refractivity contribution in [1.82, 2.24) is 14.5 Å². The van der Waals surface area contributed by atoms with Crippen LogP contribution in [0.3, 0.4) is 0 Å². The van der Waals surface area contributed by atoms with E-state index in [9.17, 15) is 4.79 Å². The fourth-order valence-electron chi connectivity index (χ4n) is 1.61. The summed E-state index contributed by atoms with van der Waals surface area (Å²) in [6.07, 6.45) is 4.29. The molecular formula is C11H12BN3O3. The van der Waals surface area contributed by atoms with Crippen molar-refractivity contribution in [3.05, 3.63) is 40.6 Å². The molecule has 0 saturated heterocycles. The highest BCUT2D eigenvalue weighted by molar-refractivity contribution is 6.58. The van der Waals surface area contributed by atoms with Crippen LogP contribution in [0.1, 0.15) is 5.56 Å². The maximum Gasteiger partial charge on any atom is 0.491 e. The second kappa shape index (κ2) is 4.71. The first kappa shape index (κ1) is 12.5. The quantitative estimate of drug-likeness (QED) is 0.651. The molecule has 0 saturated carbocycles. The van der Waals surface area contributed by atoms with Crippen LogP contribution in [0.2, 0.25) is 0 Å². The van der Waals surface area contributed by atoms with Crippen molar-refractivity contribution in [2.45, 2.75) is 6.92 Å². The second-order valence-electron chi connectivity index (χ2n) is 3.98. The maximum atomic E-state index is 11.8. The van der Waals surface area contributed by atoms with Gasteiger partial charge in [0.1, 0.15) is 0 Å². The monoisotopic (exact) mass is 245 g/mol. The Morgan fingerprint density at radius 1 is 1.28 bits per heavy atom. The van der Waals surface area contributed by atoms with Crippen LogP contribution >= 0.6 is 0 Å². The molecule has 0 bridgehead atoms. The van der Waals surface area contributed by atoms with Gasteiger partial charge in [-0.3, -0.25) is 4.79 Å². The predicted octanol–water partition coefficient (Wildman–Crippen LogP) is -1.17. The minimum atomic E-state index is -1.59. The van der Waals surface area contributed by atoms with Crippen molar-refractivity contribution in [3.63, 3.8) is 0 Å². The van der Waals surface area contributed by atoms with Crippen LogP contribution in [0.5, 0.6) is 0 Å². The number of aryl methyl sites for hydroxylation is 1. The Hall–Kier alpha value is -1.99. The van der Waals surface area contributed by atoms with Gasteiger partial charge in [-0.05, 0) is 13.0 Å². The van der Waals surface area contributed by atoms with Gasteiger partial charge in [-0.1, -0.05) is 0 Å². The summed E-state index contributed by atoms with van der Waals surface area (Å²) in [5.74, 6) is 0.384. The largest absolute Gasteiger partial charge is 0.491 e. The van der Waals surface area contributed by atoms with Crippen LogP contribution in [0.25, 0.3) is 11.4 Å². The Labute approximate surface area is 104 Å². The topological polar surface area (TPSA) is 88.2 Å². The van der Waals surface area contributed by atoms with E-state index < -0.39 is 7.12 Å². The van der Waals surface area contributed by atoms with E-state index in [0.29, 0.717) is 17.0 Å². The minimum absolute atomic E-state index is 0.109.